The summed E-state index contributed by atoms with van der Waals surface area (Å²) in [4.78, 5) is 0. The minimum Gasteiger partial charge on any atom is -0.197 e. The van der Waals surface area contributed by atoms with Crippen molar-refractivity contribution in [3.8, 4) is 0 Å². The maximum atomic E-state index is 4.07. The molecule has 15 heavy (non-hydrogen) atoms. The summed E-state index contributed by atoms with van der Waals surface area (Å²) in [5.41, 5.74) is 4.16. The lowest BCUT2D eigenvalue weighted by Crippen LogP contribution is -1.80. The molecule has 1 N–H and O–H groups in total. The quantitative estimate of drug-likeness (QED) is 0.755. The fourth-order valence-corrected chi connectivity index (χ4v) is 1.56. The molecule has 2 rings (SSSR count). The molecule has 1 aromatic carbocycles. The zero-order chi connectivity index (χ0) is 10.7. The molecular formula is C12H13N3. The van der Waals surface area contributed by atoms with Crippen LogP contribution in [0.3, 0.4) is 0 Å². The zero-order valence-corrected chi connectivity index (χ0v) is 8.86. The molecule has 0 bridgehead atoms. The van der Waals surface area contributed by atoms with Gasteiger partial charge in [-0.3, -0.25) is 0 Å². The number of benzene rings is 1. The van der Waals surface area contributed by atoms with Gasteiger partial charge in [-0.1, -0.05) is 24.3 Å². The number of nitrogens with zero attached hydrogens (tertiary/aromatic N) is 2. The van der Waals surface area contributed by atoms with Crippen LogP contribution in [0, 0.1) is 0 Å². The first-order chi connectivity index (χ1) is 7.35. The van der Waals surface area contributed by atoms with Gasteiger partial charge in [0.1, 0.15) is 11.0 Å². The molecular weight excluding hydrogens is 186 g/mol. The molecule has 2 aromatic rings. The largest absolute Gasteiger partial charge is 0.197 e. The Hall–Kier alpha value is -1.90. The number of hydrogen-bond acceptors (Lipinski definition) is 2. The van der Waals surface area contributed by atoms with Crippen molar-refractivity contribution in [1.29, 1.82) is 0 Å². The summed E-state index contributed by atoms with van der Waals surface area (Å²) in [5, 5.41) is 10.7. The Morgan fingerprint density at radius 2 is 2.00 bits per heavy atom. The fourth-order valence-electron chi connectivity index (χ4n) is 1.56. The molecule has 0 amide bonds. The highest BCUT2D eigenvalue weighted by Gasteiger charge is 2.01. The maximum Gasteiger partial charge on any atom is 0.113 e. The molecule has 0 fully saturated rings. The van der Waals surface area contributed by atoms with Crippen molar-refractivity contribution >= 4 is 16.6 Å². The number of rotatable bonds is 2. The van der Waals surface area contributed by atoms with E-state index in [0.29, 0.717) is 0 Å². The molecule has 76 valence electrons. The van der Waals surface area contributed by atoms with Gasteiger partial charge in [-0.25, -0.2) is 0 Å². The monoisotopic (exact) mass is 199 g/mol. The molecule has 0 radical (unpaired) electrons. The van der Waals surface area contributed by atoms with Gasteiger partial charge in [-0.05, 0) is 37.1 Å². The van der Waals surface area contributed by atoms with E-state index in [2.05, 4.69) is 33.6 Å². The van der Waals surface area contributed by atoms with Gasteiger partial charge >= 0.3 is 0 Å². The van der Waals surface area contributed by atoms with E-state index in [4.69, 9.17) is 0 Å². The molecule has 1 heterocycles. The molecule has 0 aliphatic rings. The summed E-state index contributed by atoms with van der Waals surface area (Å²) in [6, 6.07) is 6.06. The number of H-pyrrole nitrogens is 1. The lowest BCUT2D eigenvalue weighted by molar-refractivity contribution is 0.959. The van der Waals surface area contributed by atoms with Gasteiger partial charge < -0.3 is 0 Å². The van der Waals surface area contributed by atoms with Crippen molar-refractivity contribution in [2.45, 2.75) is 13.8 Å². The summed E-state index contributed by atoms with van der Waals surface area (Å²) < 4.78 is 0. The second kappa shape index (κ2) is 4.09. The number of aromatic amines is 1. The Morgan fingerprint density at radius 3 is 2.73 bits per heavy atom. The van der Waals surface area contributed by atoms with Gasteiger partial charge in [0.25, 0.3) is 0 Å². The minimum atomic E-state index is 0.898. The summed E-state index contributed by atoms with van der Waals surface area (Å²) in [6.07, 6.45) is 6.20. The molecule has 0 saturated heterocycles. The van der Waals surface area contributed by atoms with Crippen molar-refractivity contribution in [2.24, 2.45) is 0 Å². The van der Waals surface area contributed by atoms with Crippen molar-refractivity contribution in [3.05, 3.63) is 42.0 Å². The zero-order valence-electron chi connectivity index (χ0n) is 8.86. The van der Waals surface area contributed by atoms with E-state index >= 15 is 0 Å². The van der Waals surface area contributed by atoms with Crippen molar-refractivity contribution in [2.75, 3.05) is 0 Å². The minimum absolute atomic E-state index is 0.898. The van der Waals surface area contributed by atoms with Crippen LogP contribution in [0.25, 0.3) is 16.6 Å². The molecule has 0 unspecified atom stereocenters. The maximum absolute atomic E-state index is 4.07. The van der Waals surface area contributed by atoms with E-state index in [0.717, 1.165) is 16.6 Å². The summed E-state index contributed by atoms with van der Waals surface area (Å²) in [6.45, 7) is 4.04. The van der Waals surface area contributed by atoms with E-state index in [-0.39, 0.29) is 0 Å². The third-order valence-corrected chi connectivity index (χ3v) is 2.31. The lowest BCUT2D eigenvalue weighted by Gasteiger charge is -2.00. The van der Waals surface area contributed by atoms with E-state index in [1.165, 1.54) is 5.57 Å². The first-order valence-electron chi connectivity index (χ1n) is 4.95. The van der Waals surface area contributed by atoms with E-state index in [1.54, 1.807) is 0 Å². The van der Waals surface area contributed by atoms with Crippen molar-refractivity contribution < 1.29 is 0 Å². The Morgan fingerprint density at radius 1 is 1.20 bits per heavy atom. The van der Waals surface area contributed by atoms with E-state index in [9.17, 15) is 0 Å². The average Bonchev–Trinajstić information content (AvgIpc) is 2.72. The molecule has 3 nitrogen and oxygen atoms in total. The van der Waals surface area contributed by atoms with E-state index < -0.39 is 0 Å². The van der Waals surface area contributed by atoms with Crippen molar-refractivity contribution in [1.82, 2.24) is 15.4 Å². The second-order valence-electron chi connectivity index (χ2n) is 3.27. The smallest absolute Gasteiger partial charge is 0.113 e. The molecule has 0 aliphatic heterocycles. The standard InChI is InChI=1S/C12H13N3/c1-3-5-9(4-2)10-6-7-11-12(8-10)14-15-13-11/h3-8H,1-2H3,(H,13,14,15). The van der Waals surface area contributed by atoms with Gasteiger partial charge in [-0.2, -0.15) is 15.4 Å². The molecule has 1 aromatic heterocycles. The van der Waals surface area contributed by atoms with Crippen LogP contribution >= 0.6 is 0 Å². The van der Waals surface area contributed by atoms with Crippen molar-refractivity contribution in [3.63, 3.8) is 0 Å². The fraction of sp³-hybridized carbons (Fsp3) is 0.167. The first kappa shape index (κ1) is 9.65. The van der Waals surface area contributed by atoms with Crippen LogP contribution in [0.2, 0.25) is 0 Å². The normalized spacial score (nSPS) is 12.8. The van der Waals surface area contributed by atoms with Gasteiger partial charge in [0.15, 0.2) is 0 Å². The average molecular weight is 199 g/mol. The number of nitrogens with one attached hydrogen (secondary N) is 1. The Balaban J connectivity index is 2.51. The highest BCUT2D eigenvalue weighted by atomic mass is 15.3. The number of allylic oxidation sites excluding steroid dienone is 4. The van der Waals surface area contributed by atoms with Gasteiger partial charge in [0.2, 0.25) is 0 Å². The summed E-state index contributed by atoms with van der Waals surface area (Å²) >= 11 is 0. The van der Waals surface area contributed by atoms with Crippen LogP contribution in [-0.2, 0) is 0 Å². The van der Waals surface area contributed by atoms with Gasteiger partial charge in [0, 0.05) is 0 Å². The Bertz CT molecular complexity index is 520. The topological polar surface area (TPSA) is 41.6 Å². The van der Waals surface area contributed by atoms with Crippen LogP contribution in [0.1, 0.15) is 19.4 Å². The summed E-state index contributed by atoms with van der Waals surface area (Å²) in [7, 11) is 0. The van der Waals surface area contributed by atoms with Crippen LogP contribution in [0.4, 0.5) is 0 Å². The second-order valence-corrected chi connectivity index (χ2v) is 3.27. The third-order valence-electron chi connectivity index (χ3n) is 2.31. The van der Waals surface area contributed by atoms with Crippen LogP contribution < -0.4 is 0 Å². The molecule has 3 heteroatoms. The molecule has 0 spiro atoms. The number of hydrogen-bond donors (Lipinski definition) is 1. The van der Waals surface area contributed by atoms with Crippen LogP contribution in [0.15, 0.2) is 36.4 Å². The number of fused-ring (bicyclic) bond motifs is 1. The molecule has 0 aliphatic carbocycles. The predicted octanol–water partition coefficient (Wildman–Crippen LogP) is 2.94. The number of aromatic nitrogens is 3. The molecule has 0 atom stereocenters. The Kier molecular flexibility index (Phi) is 2.63. The highest BCUT2D eigenvalue weighted by molar-refractivity contribution is 5.82. The lowest BCUT2D eigenvalue weighted by atomic mass is 10.0. The molecule has 0 saturated carbocycles. The van der Waals surface area contributed by atoms with Crippen LogP contribution in [0.5, 0.6) is 0 Å². The van der Waals surface area contributed by atoms with Gasteiger partial charge in [-0.15, -0.1) is 0 Å². The first-order valence-corrected chi connectivity index (χ1v) is 4.95. The SMILES string of the molecule is CC=CC(=CC)c1ccc2n[nH]nc2c1. The third kappa shape index (κ3) is 1.81. The Labute approximate surface area is 88.5 Å². The predicted molar refractivity (Wildman–Crippen MR) is 62.4 cm³/mol. The highest BCUT2D eigenvalue weighted by Crippen LogP contribution is 2.19. The van der Waals surface area contributed by atoms with E-state index in [1.807, 2.05) is 32.1 Å². The summed E-state index contributed by atoms with van der Waals surface area (Å²) in [5.74, 6) is 0. The van der Waals surface area contributed by atoms with Crippen LogP contribution in [-0.4, -0.2) is 15.4 Å². The van der Waals surface area contributed by atoms with Gasteiger partial charge in [0.05, 0.1) is 0 Å².